The molecule has 3 atom stereocenters. The van der Waals surface area contributed by atoms with E-state index < -0.39 is 5.54 Å². The first kappa shape index (κ1) is 17.4. The highest BCUT2D eigenvalue weighted by Crippen LogP contribution is 2.26. The normalized spacial score (nSPS) is 26.1. The summed E-state index contributed by atoms with van der Waals surface area (Å²) in [6.07, 6.45) is 8.10. The number of carbonyl (C=O) groups excluding carboxylic acids is 1. The van der Waals surface area contributed by atoms with Crippen LogP contribution >= 0.6 is 0 Å². The fourth-order valence-corrected chi connectivity index (χ4v) is 2.89. The molecule has 0 aliphatic heterocycles. The average Bonchev–Trinajstić information content (AvgIpc) is 2.43. The van der Waals surface area contributed by atoms with Crippen LogP contribution in [0, 0.1) is 5.92 Å². The van der Waals surface area contributed by atoms with E-state index in [2.05, 4.69) is 19.2 Å². The lowest BCUT2D eigenvalue weighted by molar-refractivity contribution is -0.124. The summed E-state index contributed by atoms with van der Waals surface area (Å²) in [5.74, 6) is 0.404. The first-order chi connectivity index (χ1) is 9.49. The fourth-order valence-electron chi connectivity index (χ4n) is 2.89. The van der Waals surface area contributed by atoms with Gasteiger partial charge in [0.25, 0.3) is 0 Å². The van der Waals surface area contributed by atoms with E-state index in [1.54, 1.807) is 0 Å². The zero-order valence-corrected chi connectivity index (χ0v) is 13.4. The predicted molar refractivity (Wildman–Crippen MR) is 82.5 cm³/mol. The maximum atomic E-state index is 11.6. The highest BCUT2D eigenvalue weighted by atomic mass is 16.5. The molecule has 0 aromatic carbocycles. The molecule has 0 saturated heterocycles. The second kappa shape index (κ2) is 8.63. The Morgan fingerprint density at radius 1 is 1.40 bits per heavy atom. The Hall–Kier alpha value is -0.610. The molecule has 4 nitrogen and oxygen atoms in total. The maximum Gasteiger partial charge on any atom is 0.237 e. The van der Waals surface area contributed by atoms with Gasteiger partial charge in [-0.3, -0.25) is 4.79 Å². The van der Waals surface area contributed by atoms with Gasteiger partial charge in [0.1, 0.15) is 0 Å². The van der Waals surface area contributed by atoms with Crippen molar-refractivity contribution in [3.8, 4) is 0 Å². The van der Waals surface area contributed by atoms with E-state index in [0.29, 0.717) is 12.0 Å². The van der Waals surface area contributed by atoms with Crippen molar-refractivity contribution < 1.29 is 9.53 Å². The van der Waals surface area contributed by atoms with Crippen LogP contribution in [0.15, 0.2) is 0 Å². The Balaban J connectivity index is 2.28. The van der Waals surface area contributed by atoms with E-state index in [-0.39, 0.29) is 5.91 Å². The first-order valence-corrected chi connectivity index (χ1v) is 8.16. The van der Waals surface area contributed by atoms with Gasteiger partial charge in [0.05, 0.1) is 11.6 Å². The van der Waals surface area contributed by atoms with E-state index in [4.69, 9.17) is 10.5 Å². The van der Waals surface area contributed by atoms with Gasteiger partial charge in [0.15, 0.2) is 0 Å². The van der Waals surface area contributed by atoms with Crippen LogP contribution in [0.25, 0.3) is 0 Å². The van der Waals surface area contributed by atoms with Crippen LogP contribution in [0.1, 0.15) is 65.7 Å². The summed E-state index contributed by atoms with van der Waals surface area (Å²) in [7, 11) is 0. The predicted octanol–water partition coefficient (Wildman–Crippen LogP) is 2.61. The van der Waals surface area contributed by atoms with Gasteiger partial charge < -0.3 is 15.8 Å². The summed E-state index contributed by atoms with van der Waals surface area (Å²) in [5.41, 5.74) is 4.92. The van der Waals surface area contributed by atoms with Crippen molar-refractivity contribution in [1.29, 1.82) is 0 Å². The number of nitrogens with one attached hydrogen (secondary N) is 1. The molecule has 1 amide bonds. The molecule has 20 heavy (non-hydrogen) atoms. The fraction of sp³-hybridized carbons (Fsp3) is 0.938. The smallest absolute Gasteiger partial charge is 0.237 e. The van der Waals surface area contributed by atoms with Crippen LogP contribution in [-0.4, -0.2) is 30.7 Å². The quantitative estimate of drug-likeness (QED) is 0.640. The Kier molecular flexibility index (Phi) is 7.52. The number of hydrogen-bond donors (Lipinski definition) is 2. The van der Waals surface area contributed by atoms with Gasteiger partial charge in [0, 0.05) is 6.61 Å². The lowest BCUT2D eigenvalue weighted by Gasteiger charge is -2.30. The lowest BCUT2D eigenvalue weighted by atomic mass is 9.88. The monoisotopic (exact) mass is 284 g/mol. The summed E-state index contributed by atoms with van der Waals surface area (Å²) in [6, 6.07) is 0. The van der Waals surface area contributed by atoms with Gasteiger partial charge >= 0.3 is 0 Å². The third-order valence-corrected chi connectivity index (χ3v) is 4.49. The molecule has 0 aromatic heterocycles. The zero-order chi connectivity index (χ0) is 15.0. The van der Waals surface area contributed by atoms with Crippen LogP contribution in [0.2, 0.25) is 0 Å². The third kappa shape index (κ3) is 5.41. The van der Waals surface area contributed by atoms with Crippen LogP contribution in [0.4, 0.5) is 0 Å². The Bertz CT molecular complexity index is 296. The second-order valence-electron chi connectivity index (χ2n) is 6.40. The molecule has 1 fully saturated rings. The SMILES string of the molecule is CCCNC(C)(CCCOC1CCCCC1C)C(N)=O. The van der Waals surface area contributed by atoms with Crippen LogP contribution in [0.5, 0.6) is 0 Å². The summed E-state index contributed by atoms with van der Waals surface area (Å²) in [4.78, 5) is 11.6. The molecule has 0 radical (unpaired) electrons. The largest absolute Gasteiger partial charge is 0.378 e. The molecule has 1 aliphatic rings. The van der Waals surface area contributed by atoms with E-state index in [1.165, 1.54) is 25.7 Å². The highest BCUT2D eigenvalue weighted by molar-refractivity contribution is 5.84. The average molecular weight is 284 g/mol. The molecule has 0 bridgehead atoms. The van der Waals surface area contributed by atoms with Crippen molar-refractivity contribution in [2.24, 2.45) is 11.7 Å². The molecule has 1 aliphatic carbocycles. The molecule has 1 rings (SSSR count). The Labute approximate surface area is 123 Å². The van der Waals surface area contributed by atoms with E-state index in [0.717, 1.165) is 32.4 Å². The maximum absolute atomic E-state index is 11.6. The summed E-state index contributed by atoms with van der Waals surface area (Å²) >= 11 is 0. The van der Waals surface area contributed by atoms with Crippen LogP contribution < -0.4 is 11.1 Å². The summed E-state index contributed by atoms with van der Waals surface area (Å²) < 4.78 is 5.99. The van der Waals surface area contributed by atoms with Crippen molar-refractivity contribution >= 4 is 5.91 Å². The van der Waals surface area contributed by atoms with Gasteiger partial charge in [-0.2, -0.15) is 0 Å². The molecule has 0 spiro atoms. The number of primary amides is 1. The molecule has 3 unspecified atom stereocenters. The molecular formula is C16H32N2O2. The standard InChI is InChI=1S/C16H32N2O2/c1-4-11-18-16(3,15(17)19)10-7-12-20-14-9-6-5-8-13(14)2/h13-14,18H,4-12H2,1-3H3,(H2,17,19). The molecule has 0 aromatic rings. The third-order valence-electron chi connectivity index (χ3n) is 4.49. The Morgan fingerprint density at radius 3 is 2.70 bits per heavy atom. The zero-order valence-electron chi connectivity index (χ0n) is 13.4. The van der Waals surface area contributed by atoms with Crippen molar-refractivity contribution in [3.63, 3.8) is 0 Å². The van der Waals surface area contributed by atoms with Crippen molar-refractivity contribution in [2.75, 3.05) is 13.2 Å². The minimum atomic E-state index is -0.600. The highest BCUT2D eigenvalue weighted by Gasteiger charge is 2.29. The summed E-state index contributed by atoms with van der Waals surface area (Å²) in [5, 5.41) is 3.26. The molecule has 3 N–H and O–H groups in total. The van der Waals surface area contributed by atoms with Gasteiger partial charge in [-0.05, 0) is 51.5 Å². The lowest BCUT2D eigenvalue weighted by Crippen LogP contribution is -2.53. The number of rotatable bonds is 9. The second-order valence-corrected chi connectivity index (χ2v) is 6.40. The van der Waals surface area contributed by atoms with Gasteiger partial charge in [0.2, 0.25) is 5.91 Å². The number of hydrogen-bond acceptors (Lipinski definition) is 3. The number of amides is 1. The van der Waals surface area contributed by atoms with Crippen molar-refractivity contribution in [1.82, 2.24) is 5.32 Å². The van der Waals surface area contributed by atoms with E-state index in [1.807, 2.05) is 6.92 Å². The van der Waals surface area contributed by atoms with Crippen LogP contribution in [0.3, 0.4) is 0 Å². The van der Waals surface area contributed by atoms with Gasteiger partial charge in [-0.1, -0.05) is 26.7 Å². The topological polar surface area (TPSA) is 64.3 Å². The van der Waals surface area contributed by atoms with E-state index >= 15 is 0 Å². The number of carbonyl (C=O) groups is 1. The molecule has 118 valence electrons. The van der Waals surface area contributed by atoms with Crippen molar-refractivity contribution in [3.05, 3.63) is 0 Å². The number of ether oxygens (including phenoxy) is 1. The molecule has 0 heterocycles. The van der Waals surface area contributed by atoms with Crippen molar-refractivity contribution in [2.45, 2.75) is 77.4 Å². The summed E-state index contributed by atoms with van der Waals surface area (Å²) in [6.45, 7) is 7.81. The number of nitrogens with two attached hydrogens (primary N) is 1. The Morgan fingerprint density at radius 2 is 2.10 bits per heavy atom. The molecular weight excluding hydrogens is 252 g/mol. The van der Waals surface area contributed by atoms with E-state index in [9.17, 15) is 4.79 Å². The van der Waals surface area contributed by atoms with Crippen LogP contribution in [-0.2, 0) is 9.53 Å². The van der Waals surface area contributed by atoms with Gasteiger partial charge in [-0.15, -0.1) is 0 Å². The molecule has 1 saturated carbocycles. The minimum absolute atomic E-state index is 0.267. The minimum Gasteiger partial charge on any atom is -0.378 e. The van der Waals surface area contributed by atoms with Gasteiger partial charge in [-0.25, -0.2) is 0 Å². The molecule has 4 heteroatoms. The first-order valence-electron chi connectivity index (χ1n) is 8.16.